The smallest absolute Gasteiger partial charge is 0.305 e. The van der Waals surface area contributed by atoms with Gasteiger partial charge in [0.2, 0.25) is 12.2 Å². The number of carbonyl (C=O) groups excluding carboxylic acids is 1. The molecule has 0 bridgehead atoms. The average Bonchev–Trinajstić information content (AvgIpc) is 2.90. The molecule has 0 spiro atoms. The topological polar surface area (TPSA) is 57.5 Å². The Hall–Kier alpha value is -2.56. The molecule has 0 saturated carbocycles. The first-order chi connectivity index (χ1) is 11.0. The molecule has 1 unspecified atom stereocenters. The van der Waals surface area contributed by atoms with Crippen LogP contribution >= 0.6 is 0 Å². The molecule has 0 saturated heterocycles. The Balaban J connectivity index is 2.17. The van der Waals surface area contributed by atoms with Gasteiger partial charge in [0, 0.05) is 18.9 Å². The van der Waals surface area contributed by atoms with Gasteiger partial charge in [-0.25, -0.2) is 0 Å². The van der Waals surface area contributed by atoms with Crippen LogP contribution in [0.1, 0.15) is 26.3 Å². The first-order valence-corrected chi connectivity index (χ1v) is 7.59. The van der Waals surface area contributed by atoms with E-state index in [4.69, 9.17) is 9.47 Å². The molecule has 120 valence electrons. The van der Waals surface area contributed by atoms with E-state index in [1.165, 1.54) is 12.5 Å². The second-order valence-corrected chi connectivity index (χ2v) is 5.88. The average molecular weight is 313 g/mol. The summed E-state index contributed by atoms with van der Waals surface area (Å²) in [6, 6.07) is 7.46. The molecule has 1 atom stereocenters. The first-order valence-electron chi connectivity index (χ1n) is 7.59. The monoisotopic (exact) mass is 313 g/mol. The van der Waals surface area contributed by atoms with Gasteiger partial charge in [-0.3, -0.25) is 9.59 Å². The summed E-state index contributed by atoms with van der Waals surface area (Å²) in [6.07, 6.45) is 1.62. The van der Waals surface area contributed by atoms with Gasteiger partial charge in [-0.2, -0.15) is 0 Å². The van der Waals surface area contributed by atoms with Crippen molar-refractivity contribution in [1.82, 2.24) is 4.57 Å². The summed E-state index contributed by atoms with van der Waals surface area (Å²) in [5.74, 6) is 0.0770. The number of pyridine rings is 1. The number of aromatic nitrogens is 1. The zero-order chi connectivity index (χ0) is 16.6. The molecular weight excluding hydrogens is 294 g/mol. The van der Waals surface area contributed by atoms with Gasteiger partial charge in [-0.1, -0.05) is 23.8 Å². The maximum absolute atomic E-state index is 12.7. The molecule has 2 aromatic rings. The van der Waals surface area contributed by atoms with Crippen molar-refractivity contribution >= 4 is 16.9 Å². The third-order valence-corrected chi connectivity index (χ3v) is 3.81. The number of fused-ring (bicyclic) bond motifs is 2. The lowest BCUT2D eigenvalue weighted by atomic mass is 10.1. The fourth-order valence-corrected chi connectivity index (χ4v) is 2.79. The van der Waals surface area contributed by atoms with Crippen LogP contribution in [0.15, 0.2) is 40.7 Å². The van der Waals surface area contributed by atoms with Crippen LogP contribution in [-0.2, 0) is 22.5 Å². The molecule has 1 aromatic heterocycles. The molecule has 0 radical (unpaired) electrons. The van der Waals surface area contributed by atoms with E-state index in [2.05, 4.69) is 6.08 Å². The highest BCUT2D eigenvalue weighted by Gasteiger charge is 2.31. The molecule has 23 heavy (non-hydrogen) atoms. The molecule has 2 heterocycles. The maximum atomic E-state index is 12.7. The Labute approximate surface area is 134 Å². The highest BCUT2D eigenvalue weighted by atomic mass is 16.7. The van der Waals surface area contributed by atoms with Crippen LogP contribution in [0.2, 0.25) is 0 Å². The van der Waals surface area contributed by atoms with Crippen molar-refractivity contribution in [2.45, 2.75) is 40.0 Å². The molecule has 0 fully saturated rings. The number of rotatable bonds is 3. The number of esters is 1. The van der Waals surface area contributed by atoms with Crippen LogP contribution in [0, 0.1) is 0 Å². The lowest BCUT2D eigenvalue weighted by Crippen LogP contribution is -2.21. The highest BCUT2D eigenvalue weighted by Crippen LogP contribution is 2.30. The van der Waals surface area contributed by atoms with Crippen LogP contribution < -0.4 is 10.2 Å². The van der Waals surface area contributed by atoms with E-state index in [0.717, 1.165) is 5.52 Å². The minimum Gasteiger partial charge on any atom is -0.439 e. The van der Waals surface area contributed by atoms with Gasteiger partial charge >= 0.3 is 5.97 Å². The van der Waals surface area contributed by atoms with Gasteiger partial charge in [-0.15, -0.1) is 0 Å². The Kier molecular flexibility index (Phi) is 3.94. The zero-order valence-electron chi connectivity index (χ0n) is 13.5. The SMILES string of the molecule is CC(=O)OC1Cc2c(n(CC=C(C)C)c3ccccc3c2=O)O1. The summed E-state index contributed by atoms with van der Waals surface area (Å²) in [5, 5.41) is 0.653. The van der Waals surface area contributed by atoms with Gasteiger partial charge in [0.25, 0.3) is 0 Å². The largest absolute Gasteiger partial charge is 0.439 e. The van der Waals surface area contributed by atoms with E-state index in [9.17, 15) is 9.59 Å². The number of carbonyl (C=O) groups is 1. The van der Waals surface area contributed by atoms with E-state index in [0.29, 0.717) is 23.4 Å². The fourth-order valence-electron chi connectivity index (χ4n) is 2.79. The zero-order valence-corrected chi connectivity index (χ0v) is 13.5. The van der Waals surface area contributed by atoms with Crippen molar-refractivity contribution < 1.29 is 14.3 Å². The lowest BCUT2D eigenvalue weighted by molar-refractivity contribution is -0.158. The third kappa shape index (κ3) is 2.86. The van der Waals surface area contributed by atoms with Crippen molar-refractivity contribution in [2.24, 2.45) is 0 Å². The summed E-state index contributed by atoms with van der Waals surface area (Å²) in [6.45, 7) is 5.97. The minimum atomic E-state index is -0.732. The van der Waals surface area contributed by atoms with Crippen molar-refractivity contribution in [3.8, 4) is 5.88 Å². The number of benzene rings is 1. The number of nitrogens with zero attached hydrogens (tertiary/aromatic N) is 1. The number of hydrogen-bond donors (Lipinski definition) is 0. The molecular formula is C18H19NO4. The van der Waals surface area contributed by atoms with Crippen LogP contribution in [-0.4, -0.2) is 16.8 Å². The standard InChI is InChI=1S/C18H19NO4/c1-11(2)8-9-19-15-7-5-4-6-13(15)17(21)14-10-16(22-12(3)20)23-18(14)19/h4-8,16H,9-10H2,1-3H3. The highest BCUT2D eigenvalue weighted by molar-refractivity contribution is 5.81. The third-order valence-electron chi connectivity index (χ3n) is 3.81. The predicted molar refractivity (Wildman–Crippen MR) is 87.5 cm³/mol. The predicted octanol–water partition coefficient (Wildman–Crippen LogP) is 2.79. The Bertz CT molecular complexity index is 859. The van der Waals surface area contributed by atoms with Crippen LogP contribution in [0.5, 0.6) is 5.88 Å². The van der Waals surface area contributed by atoms with Gasteiger partial charge in [-0.05, 0) is 26.0 Å². The van der Waals surface area contributed by atoms with E-state index in [-0.39, 0.29) is 11.8 Å². The number of para-hydroxylation sites is 1. The van der Waals surface area contributed by atoms with Gasteiger partial charge < -0.3 is 14.0 Å². The summed E-state index contributed by atoms with van der Waals surface area (Å²) in [7, 11) is 0. The first kappa shape index (κ1) is 15.3. The fraction of sp³-hybridized carbons (Fsp3) is 0.333. The summed E-state index contributed by atoms with van der Waals surface area (Å²) < 4.78 is 12.8. The molecule has 3 rings (SSSR count). The van der Waals surface area contributed by atoms with E-state index < -0.39 is 12.3 Å². The molecule has 5 nitrogen and oxygen atoms in total. The number of hydrogen-bond acceptors (Lipinski definition) is 4. The van der Waals surface area contributed by atoms with Gasteiger partial charge in [0.15, 0.2) is 5.43 Å². The van der Waals surface area contributed by atoms with Crippen LogP contribution in [0.3, 0.4) is 0 Å². The Morgan fingerprint density at radius 1 is 1.35 bits per heavy atom. The molecule has 1 aliphatic heterocycles. The van der Waals surface area contributed by atoms with E-state index >= 15 is 0 Å². The maximum Gasteiger partial charge on any atom is 0.305 e. The van der Waals surface area contributed by atoms with Gasteiger partial charge in [0.05, 0.1) is 17.5 Å². The second-order valence-electron chi connectivity index (χ2n) is 5.88. The molecule has 0 aliphatic carbocycles. The van der Waals surface area contributed by atoms with Crippen LogP contribution in [0.4, 0.5) is 0 Å². The van der Waals surface area contributed by atoms with E-state index in [1.54, 1.807) is 0 Å². The second kappa shape index (κ2) is 5.91. The van der Waals surface area contributed by atoms with Gasteiger partial charge in [0.1, 0.15) is 0 Å². The van der Waals surface area contributed by atoms with E-state index in [1.807, 2.05) is 42.7 Å². The molecule has 0 amide bonds. The summed E-state index contributed by atoms with van der Waals surface area (Å²) in [5.41, 5.74) is 2.50. The molecule has 1 aliphatic rings. The summed E-state index contributed by atoms with van der Waals surface area (Å²) in [4.78, 5) is 23.9. The summed E-state index contributed by atoms with van der Waals surface area (Å²) >= 11 is 0. The molecule has 1 aromatic carbocycles. The Morgan fingerprint density at radius 2 is 2.09 bits per heavy atom. The van der Waals surface area contributed by atoms with Crippen molar-refractivity contribution in [3.05, 3.63) is 51.7 Å². The van der Waals surface area contributed by atoms with Crippen LogP contribution in [0.25, 0.3) is 10.9 Å². The number of ether oxygens (including phenoxy) is 2. The molecule has 5 heteroatoms. The quantitative estimate of drug-likeness (QED) is 0.646. The Morgan fingerprint density at radius 3 is 2.78 bits per heavy atom. The minimum absolute atomic E-state index is 0.0568. The normalized spacial score (nSPS) is 15.9. The lowest BCUT2D eigenvalue weighted by Gasteiger charge is -2.15. The number of allylic oxidation sites excluding steroid dienone is 2. The molecule has 0 N–H and O–H groups in total. The van der Waals surface area contributed by atoms with Crippen molar-refractivity contribution in [3.63, 3.8) is 0 Å². The van der Waals surface area contributed by atoms with Crippen molar-refractivity contribution in [2.75, 3.05) is 0 Å². The van der Waals surface area contributed by atoms with Crippen molar-refractivity contribution in [1.29, 1.82) is 0 Å².